The molecule has 1 saturated heterocycles. The van der Waals surface area contributed by atoms with Gasteiger partial charge in [0.1, 0.15) is 0 Å². The van der Waals surface area contributed by atoms with E-state index in [4.69, 9.17) is 5.73 Å². The summed E-state index contributed by atoms with van der Waals surface area (Å²) >= 11 is 0. The van der Waals surface area contributed by atoms with Gasteiger partial charge in [0.05, 0.1) is 11.5 Å². The molecule has 14 heavy (non-hydrogen) atoms. The highest BCUT2D eigenvalue weighted by Gasteiger charge is 2.25. The molecule has 0 aromatic rings. The molecule has 0 bridgehead atoms. The van der Waals surface area contributed by atoms with Crippen LogP contribution in [-0.4, -0.2) is 50.5 Å². The molecule has 0 aliphatic carbocycles. The summed E-state index contributed by atoms with van der Waals surface area (Å²) in [6, 6.07) is 0.468. The van der Waals surface area contributed by atoms with Crippen molar-refractivity contribution >= 4 is 9.84 Å². The largest absolute Gasteiger partial charge is 0.330 e. The lowest BCUT2D eigenvalue weighted by Crippen LogP contribution is -2.46. The van der Waals surface area contributed by atoms with Gasteiger partial charge in [-0.25, -0.2) is 8.42 Å². The van der Waals surface area contributed by atoms with E-state index in [1.54, 1.807) is 0 Å². The average Bonchev–Trinajstić information content (AvgIpc) is 2.15. The Balaban J connectivity index is 2.47. The maximum Gasteiger partial charge on any atom is 0.152 e. The molecule has 0 aromatic carbocycles. The minimum atomic E-state index is -2.75. The Kier molecular flexibility index (Phi) is 4.34. The van der Waals surface area contributed by atoms with Crippen molar-refractivity contribution in [3.63, 3.8) is 0 Å². The molecule has 1 aliphatic rings. The van der Waals surface area contributed by atoms with Gasteiger partial charge in [-0.15, -0.1) is 0 Å². The molecule has 0 saturated carbocycles. The quantitative estimate of drug-likeness (QED) is 0.715. The maximum atomic E-state index is 11.2. The summed E-state index contributed by atoms with van der Waals surface area (Å²) in [7, 11) is -2.75. The van der Waals surface area contributed by atoms with E-state index >= 15 is 0 Å². The third-order valence-corrected chi connectivity index (χ3v) is 4.48. The van der Waals surface area contributed by atoms with Gasteiger partial charge in [0.2, 0.25) is 0 Å². The molecule has 84 valence electrons. The van der Waals surface area contributed by atoms with E-state index in [-0.39, 0.29) is 0 Å². The normalized spacial score (nSPS) is 24.7. The summed E-state index contributed by atoms with van der Waals surface area (Å²) in [5.74, 6) is 0.627. The Bertz CT molecular complexity index is 250. The molecule has 1 atom stereocenters. The summed E-state index contributed by atoms with van der Waals surface area (Å²) in [4.78, 5) is 2.26. The third-order valence-electron chi connectivity index (χ3n) is 2.87. The fraction of sp³-hybridized carbons (Fsp3) is 1.00. The van der Waals surface area contributed by atoms with Gasteiger partial charge < -0.3 is 5.73 Å². The molecule has 1 fully saturated rings. The van der Waals surface area contributed by atoms with Crippen LogP contribution in [0.25, 0.3) is 0 Å². The summed E-state index contributed by atoms with van der Waals surface area (Å²) in [6.45, 7) is 4.17. The fourth-order valence-electron chi connectivity index (χ4n) is 1.93. The molecule has 2 N–H and O–H groups in total. The van der Waals surface area contributed by atoms with Gasteiger partial charge in [0.25, 0.3) is 0 Å². The van der Waals surface area contributed by atoms with Crippen LogP contribution < -0.4 is 5.73 Å². The third kappa shape index (κ3) is 3.22. The topological polar surface area (TPSA) is 63.4 Å². The predicted octanol–water partition coefficient (Wildman–Crippen LogP) is -0.156. The van der Waals surface area contributed by atoms with Crippen LogP contribution in [0.4, 0.5) is 0 Å². The first-order valence-corrected chi connectivity index (χ1v) is 7.05. The molecule has 0 aromatic heterocycles. The molecule has 1 unspecified atom stereocenters. The van der Waals surface area contributed by atoms with E-state index in [2.05, 4.69) is 11.8 Å². The van der Waals surface area contributed by atoms with Gasteiger partial charge in [0, 0.05) is 19.1 Å². The van der Waals surface area contributed by atoms with Gasteiger partial charge in [-0.2, -0.15) is 0 Å². The Hall–Kier alpha value is -0.130. The van der Waals surface area contributed by atoms with Gasteiger partial charge >= 0.3 is 0 Å². The smallest absolute Gasteiger partial charge is 0.152 e. The van der Waals surface area contributed by atoms with Crippen molar-refractivity contribution in [2.24, 2.45) is 5.73 Å². The second-order valence-electron chi connectivity index (χ2n) is 3.83. The van der Waals surface area contributed by atoms with Crippen LogP contribution in [0.5, 0.6) is 0 Å². The van der Waals surface area contributed by atoms with E-state index in [9.17, 15) is 8.42 Å². The SMILES string of the molecule is CCC(CCN)N1CCS(=O)(=O)CC1. The van der Waals surface area contributed by atoms with Crippen molar-refractivity contribution in [3.05, 3.63) is 0 Å². The maximum absolute atomic E-state index is 11.2. The lowest BCUT2D eigenvalue weighted by molar-refractivity contribution is 0.198. The molecular formula is C9H20N2O2S. The average molecular weight is 220 g/mol. The molecule has 4 nitrogen and oxygen atoms in total. The number of sulfone groups is 1. The number of nitrogens with zero attached hydrogens (tertiary/aromatic N) is 1. The fourth-order valence-corrected chi connectivity index (χ4v) is 3.16. The number of hydrogen-bond acceptors (Lipinski definition) is 4. The lowest BCUT2D eigenvalue weighted by Gasteiger charge is -2.33. The van der Waals surface area contributed by atoms with Crippen LogP contribution in [-0.2, 0) is 9.84 Å². The molecular weight excluding hydrogens is 200 g/mol. The van der Waals surface area contributed by atoms with E-state index < -0.39 is 9.84 Å². The summed E-state index contributed by atoms with van der Waals surface area (Å²) in [5, 5.41) is 0. The van der Waals surface area contributed by atoms with E-state index in [1.807, 2.05) is 0 Å². The molecule has 0 radical (unpaired) electrons. The van der Waals surface area contributed by atoms with Gasteiger partial charge in [-0.3, -0.25) is 4.90 Å². The zero-order valence-electron chi connectivity index (χ0n) is 8.78. The van der Waals surface area contributed by atoms with Crippen LogP contribution in [0.15, 0.2) is 0 Å². The summed E-state index contributed by atoms with van der Waals surface area (Å²) in [5.41, 5.74) is 5.52. The molecule has 1 heterocycles. The summed E-state index contributed by atoms with van der Waals surface area (Å²) in [6.07, 6.45) is 2.02. The zero-order valence-corrected chi connectivity index (χ0v) is 9.59. The van der Waals surface area contributed by atoms with Crippen LogP contribution in [0, 0.1) is 0 Å². The van der Waals surface area contributed by atoms with Gasteiger partial charge in [0.15, 0.2) is 9.84 Å². The summed E-state index contributed by atoms with van der Waals surface area (Å²) < 4.78 is 22.4. The van der Waals surface area contributed by atoms with Gasteiger partial charge in [-0.05, 0) is 19.4 Å². The van der Waals surface area contributed by atoms with Crippen molar-refractivity contribution in [2.45, 2.75) is 25.8 Å². The Morgan fingerprint density at radius 2 is 1.93 bits per heavy atom. The highest BCUT2D eigenvalue weighted by atomic mass is 32.2. The van der Waals surface area contributed by atoms with Crippen LogP contribution >= 0.6 is 0 Å². The Morgan fingerprint density at radius 3 is 2.36 bits per heavy atom. The molecule has 1 aliphatic heterocycles. The van der Waals surface area contributed by atoms with Crippen LogP contribution in [0.1, 0.15) is 19.8 Å². The highest BCUT2D eigenvalue weighted by Crippen LogP contribution is 2.12. The van der Waals surface area contributed by atoms with Crippen molar-refractivity contribution < 1.29 is 8.42 Å². The highest BCUT2D eigenvalue weighted by molar-refractivity contribution is 7.91. The second kappa shape index (κ2) is 5.09. The first-order valence-electron chi connectivity index (χ1n) is 5.23. The zero-order chi connectivity index (χ0) is 10.6. The monoisotopic (exact) mass is 220 g/mol. The van der Waals surface area contributed by atoms with Crippen molar-refractivity contribution in [1.29, 1.82) is 0 Å². The first-order chi connectivity index (χ1) is 6.59. The number of rotatable bonds is 4. The van der Waals surface area contributed by atoms with E-state index in [1.165, 1.54) is 0 Å². The molecule has 0 spiro atoms. The number of hydrogen-bond donors (Lipinski definition) is 1. The Morgan fingerprint density at radius 1 is 1.36 bits per heavy atom. The molecule has 5 heteroatoms. The number of nitrogens with two attached hydrogens (primary N) is 1. The second-order valence-corrected chi connectivity index (χ2v) is 6.13. The van der Waals surface area contributed by atoms with Crippen LogP contribution in [0.3, 0.4) is 0 Å². The molecule has 0 amide bonds. The minimum absolute atomic E-state index is 0.314. The predicted molar refractivity (Wildman–Crippen MR) is 58.0 cm³/mol. The molecule has 1 rings (SSSR count). The van der Waals surface area contributed by atoms with Crippen molar-refractivity contribution in [3.8, 4) is 0 Å². The first kappa shape index (κ1) is 11.9. The van der Waals surface area contributed by atoms with Crippen molar-refractivity contribution in [1.82, 2.24) is 4.90 Å². The van der Waals surface area contributed by atoms with E-state index in [0.717, 1.165) is 12.8 Å². The van der Waals surface area contributed by atoms with E-state index in [0.29, 0.717) is 37.2 Å². The minimum Gasteiger partial charge on any atom is -0.330 e. The van der Waals surface area contributed by atoms with Gasteiger partial charge in [-0.1, -0.05) is 6.92 Å². The standard InChI is InChI=1S/C9H20N2O2S/c1-2-9(3-4-10)11-5-7-14(12,13)8-6-11/h9H,2-8,10H2,1H3. The van der Waals surface area contributed by atoms with Crippen LogP contribution in [0.2, 0.25) is 0 Å². The lowest BCUT2D eigenvalue weighted by atomic mass is 10.1. The van der Waals surface area contributed by atoms with Crippen molar-refractivity contribution in [2.75, 3.05) is 31.1 Å². The Labute approximate surface area is 86.4 Å².